The maximum absolute atomic E-state index is 12.1. The third-order valence-electron chi connectivity index (χ3n) is 3.88. The zero-order valence-corrected chi connectivity index (χ0v) is 11.7. The molecule has 2 unspecified atom stereocenters. The molecule has 2 N–H and O–H groups in total. The molecule has 3 heteroatoms. The summed E-state index contributed by atoms with van der Waals surface area (Å²) < 4.78 is 0. The molecule has 0 saturated carbocycles. The Hall–Kier alpha value is -1.35. The molecule has 1 amide bonds. The highest BCUT2D eigenvalue weighted by Gasteiger charge is 2.28. The third-order valence-corrected chi connectivity index (χ3v) is 3.88. The van der Waals surface area contributed by atoms with Gasteiger partial charge in [-0.05, 0) is 30.7 Å². The molecule has 3 nitrogen and oxygen atoms in total. The lowest BCUT2D eigenvalue weighted by Gasteiger charge is -2.20. The average molecular weight is 260 g/mol. The molecule has 0 aliphatic carbocycles. The van der Waals surface area contributed by atoms with Crippen molar-refractivity contribution in [2.24, 2.45) is 11.7 Å². The SMILES string of the molecule is CCCC(N)C(=O)N1CCC(Cc2ccccc2)C1. The molecular weight excluding hydrogens is 236 g/mol. The molecule has 1 aliphatic heterocycles. The molecule has 104 valence electrons. The Bertz CT molecular complexity index is 404. The average Bonchev–Trinajstić information content (AvgIpc) is 2.88. The number of hydrogen-bond donors (Lipinski definition) is 1. The lowest BCUT2D eigenvalue weighted by atomic mass is 9.99. The summed E-state index contributed by atoms with van der Waals surface area (Å²) >= 11 is 0. The molecule has 2 rings (SSSR count). The smallest absolute Gasteiger partial charge is 0.239 e. The van der Waals surface area contributed by atoms with E-state index in [4.69, 9.17) is 5.73 Å². The standard InChI is InChI=1S/C16H24N2O/c1-2-6-15(17)16(19)18-10-9-14(12-18)11-13-7-4-3-5-8-13/h3-5,7-8,14-15H,2,6,9-12,17H2,1H3. The van der Waals surface area contributed by atoms with Gasteiger partial charge in [0.05, 0.1) is 6.04 Å². The number of nitrogens with zero attached hydrogens (tertiary/aromatic N) is 1. The summed E-state index contributed by atoms with van der Waals surface area (Å²) in [5.74, 6) is 0.720. The molecule has 1 heterocycles. The molecular formula is C16H24N2O. The van der Waals surface area contributed by atoms with Crippen LogP contribution in [0.2, 0.25) is 0 Å². The number of rotatable bonds is 5. The van der Waals surface area contributed by atoms with E-state index in [1.807, 2.05) is 11.0 Å². The van der Waals surface area contributed by atoms with Crippen LogP contribution in [0.25, 0.3) is 0 Å². The Kier molecular flexibility index (Phi) is 4.97. The largest absolute Gasteiger partial charge is 0.341 e. The van der Waals surface area contributed by atoms with Crippen molar-refractivity contribution in [1.29, 1.82) is 0 Å². The number of nitrogens with two attached hydrogens (primary N) is 1. The van der Waals surface area contributed by atoms with Gasteiger partial charge in [0.25, 0.3) is 0 Å². The van der Waals surface area contributed by atoms with E-state index < -0.39 is 0 Å². The molecule has 1 aromatic carbocycles. The summed E-state index contributed by atoms with van der Waals surface area (Å²) in [5.41, 5.74) is 7.28. The lowest BCUT2D eigenvalue weighted by molar-refractivity contribution is -0.131. The van der Waals surface area contributed by atoms with Crippen LogP contribution in [-0.2, 0) is 11.2 Å². The monoisotopic (exact) mass is 260 g/mol. The van der Waals surface area contributed by atoms with E-state index in [0.717, 1.165) is 38.8 Å². The van der Waals surface area contributed by atoms with Gasteiger partial charge in [0.2, 0.25) is 5.91 Å². The van der Waals surface area contributed by atoms with Crippen LogP contribution >= 0.6 is 0 Å². The van der Waals surface area contributed by atoms with Crippen LogP contribution < -0.4 is 5.73 Å². The van der Waals surface area contributed by atoms with Crippen molar-refractivity contribution in [2.75, 3.05) is 13.1 Å². The molecule has 19 heavy (non-hydrogen) atoms. The van der Waals surface area contributed by atoms with E-state index in [-0.39, 0.29) is 11.9 Å². The van der Waals surface area contributed by atoms with E-state index in [0.29, 0.717) is 5.92 Å². The number of amides is 1. The first-order valence-corrected chi connectivity index (χ1v) is 7.29. The van der Waals surface area contributed by atoms with E-state index in [1.165, 1.54) is 5.56 Å². The van der Waals surface area contributed by atoms with Crippen molar-refractivity contribution in [3.8, 4) is 0 Å². The Balaban J connectivity index is 1.84. The van der Waals surface area contributed by atoms with Crippen LogP contribution in [0.4, 0.5) is 0 Å². The van der Waals surface area contributed by atoms with Gasteiger partial charge in [0, 0.05) is 13.1 Å². The van der Waals surface area contributed by atoms with Gasteiger partial charge < -0.3 is 10.6 Å². The quantitative estimate of drug-likeness (QED) is 0.882. The summed E-state index contributed by atoms with van der Waals surface area (Å²) in [4.78, 5) is 14.1. The first-order chi connectivity index (χ1) is 9.20. The van der Waals surface area contributed by atoms with Gasteiger partial charge >= 0.3 is 0 Å². The highest BCUT2D eigenvalue weighted by atomic mass is 16.2. The number of benzene rings is 1. The highest BCUT2D eigenvalue weighted by Crippen LogP contribution is 2.21. The van der Waals surface area contributed by atoms with Crippen LogP contribution in [0.1, 0.15) is 31.7 Å². The molecule has 1 fully saturated rings. The minimum Gasteiger partial charge on any atom is -0.341 e. The van der Waals surface area contributed by atoms with Crippen molar-refractivity contribution in [2.45, 2.75) is 38.6 Å². The van der Waals surface area contributed by atoms with Crippen molar-refractivity contribution in [3.05, 3.63) is 35.9 Å². The first-order valence-electron chi connectivity index (χ1n) is 7.29. The molecule has 2 atom stereocenters. The summed E-state index contributed by atoms with van der Waals surface area (Å²) in [7, 11) is 0. The molecule has 0 aromatic heterocycles. The van der Waals surface area contributed by atoms with Crippen molar-refractivity contribution in [3.63, 3.8) is 0 Å². The summed E-state index contributed by atoms with van der Waals surface area (Å²) in [6.07, 6.45) is 3.92. The normalized spacial score (nSPS) is 20.5. The Morgan fingerprint density at radius 3 is 2.84 bits per heavy atom. The van der Waals surface area contributed by atoms with E-state index >= 15 is 0 Å². The number of hydrogen-bond acceptors (Lipinski definition) is 2. The molecule has 0 radical (unpaired) electrons. The van der Waals surface area contributed by atoms with E-state index in [9.17, 15) is 4.79 Å². The number of likely N-dealkylation sites (tertiary alicyclic amines) is 1. The minimum absolute atomic E-state index is 0.136. The van der Waals surface area contributed by atoms with Crippen molar-refractivity contribution < 1.29 is 4.79 Å². The maximum Gasteiger partial charge on any atom is 0.239 e. The number of carbonyl (C=O) groups is 1. The van der Waals surface area contributed by atoms with Gasteiger partial charge in [-0.25, -0.2) is 0 Å². The zero-order valence-electron chi connectivity index (χ0n) is 11.7. The Labute approximate surface area is 115 Å². The van der Waals surface area contributed by atoms with Crippen LogP contribution in [-0.4, -0.2) is 29.9 Å². The van der Waals surface area contributed by atoms with Crippen molar-refractivity contribution in [1.82, 2.24) is 4.90 Å². The molecule has 0 bridgehead atoms. The molecule has 0 spiro atoms. The van der Waals surface area contributed by atoms with Gasteiger partial charge in [-0.15, -0.1) is 0 Å². The fourth-order valence-corrected chi connectivity index (χ4v) is 2.82. The lowest BCUT2D eigenvalue weighted by Crippen LogP contribution is -2.42. The Morgan fingerprint density at radius 2 is 2.16 bits per heavy atom. The van der Waals surface area contributed by atoms with Crippen LogP contribution in [0.3, 0.4) is 0 Å². The molecule has 1 aromatic rings. The highest BCUT2D eigenvalue weighted by molar-refractivity contribution is 5.81. The predicted octanol–water partition coefficient (Wildman–Crippen LogP) is 2.21. The summed E-state index contributed by atoms with van der Waals surface area (Å²) in [6.45, 7) is 3.80. The fourth-order valence-electron chi connectivity index (χ4n) is 2.82. The van der Waals surface area contributed by atoms with Gasteiger partial charge in [0.1, 0.15) is 0 Å². The van der Waals surface area contributed by atoms with E-state index in [2.05, 4.69) is 31.2 Å². The fraction of sp³-hybridized carbons (Fsp3) is 0.562. The number of carbonyl (C=O) groups excluding carboxylic acids is 1. The second-order valence-electron chi connectivity index (χ2n) is 5.52. The molecule has 1 saturated heterocycles. The van der Waals surface area contributed by atoms with Gasteiger partial charge in [-0.1, -0.05) is 43.7 Å². The zero-order chi connectivity index (χ0) is 13.7. The topological polar surface area (TPSA) is 46.3 Å². The first kappa shape index (κ1) is 14.1. The van der Waals surface area contributed by atoms with Gasteiger partial charge in [0.15, 0.2) is 0 Å². The Morgan fingerprint density at radius 1 is 1.42 bits per heavy atom. The van der Waals surface area contributed by atoms with Gasteiger partial charge in [-0.2, -0.15) is 0 Å². The summed E-state index contributed by atoms with van der Waals surface area (Å²) in [5, 5.41) is 0. The van der Waals surface area contributed by atoms with E-state index in [1.54, 1.807) is 0 Å². The third kappa shape index (κ3) is 3.80. The second-order valence-corrected chi connectivity index (χ2v) is 5.52. The van der Waals surface area contributed by atoms with Gasteiger partial charge in [-0.3, -0.25) is 4.79 Å². The summed E-state index contributed by atoms with van der Waals surface area (Å²) in [6, 6.07) is 10.2. The minimum atomic E-state index is -0.305. The molecule has 1 aliphatic rings. The second kappa shape index (κ2) is 6.71. The van der Waals surface area contributed by atoms with Crippen molar-refractivity contribution >= 4 is 5.91 Å². The van der Waals surface area contributed by atoms with Crippen LogP contribution in [0, 0.1) is 5.92 Å². The van der Waals surface area contributed by atoms with Crippen LogP contribution in [0.15, 0.2) is 30.3 Å². The predicted molar refractivity (Wildman–Crippen MR) is 77.7 cm³/mol. The van der Waals surface area contributed by atoms with Crippen LogP contribution in [0.5, 0.6) is 0 Å². The maximum atomic E-state index is 12.1.